The topological polar surface area (TPSA) is 132 Å². The number of hydrogen-bond acceptors (Lipinski definition) is 8. The third-order valence-electron chi connectivity index (χ3n) is 6.29. The Bertz CT molecular complexity index is 1460. The fraction of sp³-hybridized carbons (Fsp3) is 0.308. The monoisotopic (exact) mass is 537 g/mol. The Hall–Kier alpha value is -3.46. The zero-order chi connectivity index (χ0) is 26.7. The summed E-state index contributed by atoms with van der Waals surface area (Å²) in [5, 5.41) is 16.7. The maximum atomic E-state index is 12.9. The number of nitriles is 1. The molecule has 1 amide bonds. The molecule has 0 spiro atoms. The van der Waals surface area contributed by atoms with Crippen LogP contribution < -0.4 is 10.6 Å². The first-order valence-electron chi connectivity index (χ1n) is 11.7. The fourth-order valence-electron chi connectivity index (χ4n) is 4.35. The molecule has 0 saturated heterocycles. The number of pyridine rings is 1. The number of ketones is 1. The lowest BCUT2D eigenvalue weighted by Gasteiger charge is -2.33. The molecule has 1 atom stereocenters. The van der Waals surface area contributed by atoms with E-state index in [1.54, 1.807) is 31.5 Å². The van der Waals surface area contributed by atoms with Crippen molar-refractivity contribution in [1.29, 1.82) is 5.26 Å². The molecule has 1 aliphatic carbocycles. The highest BCUT2D eigenvalue weighted by atomic mass is 32.2. The van der Waals surface area contributed by atoms with Crippen LogP contribution in [0.5, 0.6) is 0 Å². The highest BCUT2D eigenvalue weighted by Crippen LogP contribution is 2.43. The van der Waals surface area contributed by atoms with Crippen LogP contribution in [0.15, 0.2) is 69.5 Å². The minimum absolute atomic E-state index is 0.0141. The van der Waals surface area contributed by atoms with Gasteiger partial charge in [0.05, 0.1) is 33.2 Å². The molecular weight excluding hydrogens is 510 g/mol. The quantitative estimate of drug-likeness (QED) is 0.549. The molecule has 1 aliphatic heterocycles. The summed E-state index contributed by atoms with van der Waals surface area (Å²) in [7, 11) is -0.763. The van der Waals surface area contributed by atoms with Crippen LogP contribution in [0.3, 0.4) is 0 Å². The maximum Gasteiger partial charge on any atom is 0.242 e. The number of allylic oxidation sites excluding steroid dienone is 3. The number of amides is 1. The van der Waals surface area contributed by atoms with Crippen LogP contribution >= 0.6 is 11.8 Å². The number of benzene rings is 1. The molecule has 11 heteroatoms. The molecule has 2 aliphatic rings. The van der Waals surface area contributed by atoms with E-state index in [4.69, 9.17) is 0 Å². The predicted octanol–water partition coefficient (Wildman–Crippen LogP) is 3.44. The van der Waals surface area contributed by atoms with Gasteiger partial charge in [-0.2, -0.15) is 5.26 Å². The Balaban J connectivity index is 1.58. The molecule has 0 fully saturated rings. The average molecular weight is 538 g/mol. The summed E-state index contributed by atoms with van der Waals surface area (Å²) >= 11 is 1.17. The molecule has 0 bridgehead atoms. The van der Waals surface area contributed by atoms with Crippen LogP contribution in [0.25, 0.3) is 0 Å². The highest BCUT2D eigenvalue weighted by Gasteiger charge is 2.37. The first-order valence-corrected chi connectivity index (χ1v) is 14.1. The van der Waals surface area contributed by atoms with Gasteiger partial charge in [0.2, 0.25) is 15.9 Å². The number of carbonyl (C=O) groups excluding carboxylic acids is 2. The van der Waals surface area contributed by atoms with Gasteiger partial charge in [0.15, 0.2) is 5.78 Å². The Kier molecular flexibility index (Phi) is 7.82. The minimum Gasteiger partial charge on any atom is -0.352 e. The zero-order valence-electron chi connectivity index (χ0n) is 20.7. The van der Waals surface area contributed by atoms with E-state index in [1.807, 2.05) is 6.07 Å². The molecule has 2 heterocycles. The number of carbonyl (C=O) groups is 2. The van der Waals surface area contributed by atoms with Gasteiger partial charge >= 0.3 is 0 Å². The predicted molar refractivity (Wildman–Crippen MR) is 142 cm³/mol. The highest BCUT2D eigenvalue weighted by molar-refractivity contribution is 8.03. The molecular formula is C26H27N5O4S2. The number of rotatable bonds is 7. The standard InChI is InChI=1S/C26H27N5O4S2/c1-16-9-10-18(37(34,35)31(2)3)12-21(16)29-23(33)15-36-26-19(13-27)24(17-6-5-11-28-14-17)25-20(30-26)7-4-8-22(25)32/h5-6,9-12,14,24,30H,4,7-8,15H2,1-3H3,(H,29,33). The van der Waals surface area contributed by atoms with Gasteiger partial charge in [0.25, 0.3) is 0 Å². The summed E-state index contributed by atoms with van der Waals surface area (Å²) < 4.78 is 26.1. The number of hydrogen-bond donors (Lipinski definition) is 2. The van der Waals surface area contributed by atoms with E-state index >= 15 is 0 Å². The number of nitrogens with zero attached hydrogens (tertiary/aromatic N) is 3. The van der Waals surface area contributed by atoms with Gasteiger partial charge in [-0.15, -0.1) is 0 Å². The summed E-state index contributed by atoms with van der Waals surface area (Å²) in [6.45, 7) is 1.78. The van der Waals surface area contributed by atoms with Gasteiger partial charge < -0.3 is 10.6 Å². The van der Waals surface area contributed by atoms with Gasteiger partial charge in [-0.3, -0.25) is 14.6 Å². The van der Waals surface area contributed by atoms with Crippen molar-refractivity contribution in [3.05, 3.63) is 75.7 Å². The van der Waals surface area contributed by atoms with Gasteiger partial charge in [-0.25, -0.2) is 12.7 Å². The van der Waals surface area contributed by atoms with Crippen LogP contribution in [-0.2, 0) is 19.6 Å². The van der Waals surface area contributed by atoms with Crippen molar-refractivity contribution >= 4 is 39.2 Å². The lowest BCUT2D eigenvalue weighted by Crippen LogP contribution is -2.31. The zero-order valence-corrected chi connectivity index (χ0v) is 22.4. The van der Waals surface area contributed by atoms with Crippen LogP contribution in [0.1, 0.15) is 36.3 Å². The first-order chi connectivity index (χ1) is 17.6. The third-order valence-corrected chi connectivity index (χ3v) is 9.12. The van der Waals surface area contributed by atoms with Crippen molar-refractivity contribution in [2.75, 3.05) is 25.2 Å². The van der Waals surface area contributed by atoms with Crippen molar-refractivity contribution in [2.45, 2.75) is 37.0 Å². The van der Waals surface area contributed by atoms with Crippen molar-refractivity contribution < 1.29 is 18.0 Å². The molecule has 2 aromatic rings. The van der Waals surface area contributed by atoms with E-state index in [9.17, 15) is 23.3 Å². The molecule has 37 heavy (non-hydrogen) atoms. The molecule has 2 N–H and O–H groups in total. The van der Waals surface area contributed by atoms with Crippen molar-refractivity contribution in [1.82, 2.24) is 14.6 Å². The number of aryl methyl sites for hydroxylation is 1. The largest absolute Gasteiger partial charge is 0.352 e. The third kappa shape index (κ3) is 5.46. The van der Waals surface area contributed by atoms with E-state index in [1.165, 1.54) is 38.0 Å². The maximum absolute atomic E-state index is 12.9. The van der Waals surface area contributed by atoms with Gasteiger partial charge in [-0.05, 0) is 49.1 Å². The number of anilines is 1. The number of thioether (sulfide) groups is 1. The van der Waals surface area contributed by atoms with Crippen LogP contribution in [-0.4, -0.2) is 49.2 Å². The first kappa shape index (κ1) is 26.6. The molecule has 9 nitrogen and oxygen atoms in total. The number of dihydropyridines is 1. The van der Waals surface area contributed by atoms with Crippen LogP contribution in [0.2, 0.25) is 0 Å². The molecule has 4 rings (SSSR count). The van der Waals surface area contributed by atoms with Gasteiger partial charge in [0.1, 0.15) is 0 Å². The summed E-state index contributed by atoms with van der Waals surface area (Å²) in [5.41, 5.74) is 3.62. The van der Waals surface area contributed by atoms with Gasteiger partial charge in [-0.1, -0.05) is 23.9 Å². The molecule has 0 saturated carbocycles. The number of nitrogens with one attached hydrogen (secondary N) is 2. The van der Waals surface area contributed by atoms with Crippen molar-refractivity contribution in [3.63, 3.8) is 0 Å². The Morgan fingerprint density at radius 1 is 1.30 bits per heavy atom. The Labute approximate surface area is 220 Å². The summed E-state index contributed by atoms with van der Waals surface area (Å²) in [4.78, 5) is 30.0. The summed E-state index contributed by atoms with van der Waals surface area (Å²) in [6.07, 6.45) is 5.13. The van der Waals surface area contributed by atoms with E-state index in [2.05, 4.69) is 21.7 Å². The molecule has 0 radical (unpaired) electrons. The Morgan fingerprint density at radius 2 is 2.08 bits per heavy atom. The smallest absolute Gasteiger partial charge is 0.242 e. The average Bonchev–Trinajstić information content (AvgIpc) is 2.88. The second-order valence-corrected chi connectivity index (χ2v) is 12.1. The second-order valence-electron chi connectivity index (χ2n) is 8.97. The van der Waals surface area contributed by atoms with Gasteiger partial charge in [0, 0.05) is 49.9 Å². The van der Waals surface area contributed by atoms with E-state index in [0.29, 0.717) is 34.7 Å². The van der Waals surface area contributed by atoms with E-state index in [0.717, 1.165) is 27.5 Å². The summed E-state index contributed by atoms with van der Waals surface area (Å²) in [6, 6.07) is 10.5. The van der Waals surface area contributed by atoms with E-state index < -0.39 is 15.9 Å². The number of sulfonamides is 1. The molecule has 192 valence electrons. The van der Waals surface area contributed by atoms with Crippen LogP contribution in [0, 0.1) is 18.3 Å². The second kappa shape index (κ2) is 10.9. The van der Waals surface area contributed by atoms with E-state index in [-0.39, 0.29) is 22.3 Å². The number of Topliss-reactive ketones (excluding diaryl/α,β-unsaturated/α-hetero) is 1. The lowest BCUT2D eigenvalue weighted by molar-refractivity contribution is -0.116. The normalized spacial score (nSPS) is 17.8. The minimum atomic E-state index is -3.65. The lowest BCUT2D eigenvalue weighted by atomic mass is 9.77. The van der Waals surface area contributed by atoms with Crippen LogP contribution in [0.4, 0.5) is 5.69 Å². The van der Waals surface area contributed by atoms with Crippen molar-refractivity contribution in [2.24, 2.45) is 0 Å². The fourth-order valence-corrected chi connectivity index (χ4v) is 6.14. The van der Waals surface area contributed by atoms with Crippen molar-refractivity contribution in [3.8, 4) is 6.07 Å². The molecule has 1 aromatic carbocycles. The number of aromatic nitrogens is 1. The SMILES string of the molecule is Cc1ccc(S(=O)(=O)N(C)C)cc1NC(=O)CSC1=C(C#N)C(c2cccnc2)C2=C(CCCC2=O)N1. The summed E-state index contributed by atoms with van der Waals surface area (Å²) in [5.74, 6) is -0.895. The Morgan fingerprint density at radius 3 is 2.76 bits per heavy atom. The molecule has 1 aromatic heterocycles. The molecule has 1 unspecified atom stereocenters.